The second kappa shape index (κ2) is 25.2. The summed E-state index contributed by atoms with van der Waals surface area (Å²) >= 11 is 0. The number of nitrogens with one attached hydrogen (secondary N) is 2. The first-order valence-electron chi connectivity index (χ1n) is 8.67. The van der Waals surface area contributed by atoms with Crippen LogP contribution in [0.1, 0.15) is 34.6 Å². The molecule has 0 aromatic carbocycles. The predicted molar refractivity (Wildman–Crippen MR) is 97.6 cm³/mol. The van der Waals surface area contributed by atoms with Crippen LogP contribution in [-0.2, 0) is 23.8 Å². The van der Waals surface area contributed by atoms with Crippen molar-refractivity contribution in [3.05, 3.63) is 0 Å². The SMILES string of the molecule is CC.CC(C)OCC=O.CNCCOCCOCC(F)CNC(C)=O. The highest BCUT2D eigenvalue weighted by Crippen LogP contribution is 1.90. The van der Waals surface area contributed by atoms with E-state index in [2.05, 4.69) is 10.6 Å². The molecular formula is C17H37FN2O5. The first kappa shape index (κ1) is 28.7. The van der Waals surface area contributed by atoms with E-state index in [1.165, 1.54) is 6.92 Å². The third-order valence-electron chi connectivity index (χ3n) is 2.24. The molecule has 1 atom stereocenters. The lowest BCUT2D eigenvalue weighted by atomic mass is 10.4. The largest absolute Gasteiger partial charge is 0.378 e. The molecule has 2 N–H and O–H groups in total. The Labute approximate surface area is 152 Å². The number of halogens is 1. The number of likely N-dealkylation sites (N-methyl/N-ethyl adjacent to an activating group) is 1. The number of hydrogen-bond acceptors (Lipinski definition) is 6. The van der Waals surface area contributed by atoms with Crippen LogP contribution in [0.25, 0.3) is 0 Å². The molecule has 0 rings (SSSR count). The van der Waals surface area contributed by atoms with Gasteiger partial charge in [0.1, 0.15) is 19.1 Å². The van der Waals surface area contributed by atoms with Crippen molar-refractivity contribution in [2.24, 2.45) is 0 Å². The molecule has 0 bridgehead atoms. The molecule has 0 aliphatic heterocycles. The van der Waals surface area contributed by atoms with Crippen molar-refractivity contribution in [2.45, 2.75) is 46.9 Å². The second-order valence-electron chi connectivity index (χ2n) is 4.87. The average molecular weight is 368 g/mol. The van der Waals surface area contributed by atoms with Gasteiger partial charge in [0, 0.05) is 13.5 Å². The standard InChI is InChI=1S/C10H21FN2O3.C5H10O2.C2H6/c1-9(14)13-7-10(11)8-16-6-5-15-4-3-12-2;1-5(2)7-4-3-6;1-2/h10,12H,3-8H2,1-2H3,(H,13,14);3,5H,4H2,1-2H3;1-2H3. The Bertz CT molecular complexity index is 282. The van der Waals surface area contributed by atoms with Gasteiger partial charge in [0.15, 0.2) is 0 Å². The summed E-state index contributed by atoms with van der Waals surface area (Å²) in [4.78, 5) is 20.1. The first-order chi connectivity index (χ1) is 11.9. The first-order valence-corrected chi connectivity index (χ1v) is 8.67. The van der Waals surface area contributed by atoms with Crippen molar-refractivity contribution in [1.29, 1.82) is 0 Å². The summed E-state index contributed by atoms with van der Waals surface area (Å²) in [6.45, 7) is 11.6. The normalized spacial score (nSPS) is 10.9. The van der Waals surface area contributed by atoms with E-state index in [0.29, 0.717) is 19.8 Å². The fraction of sp³-hybridized carbons (Fsp3) is 0.882. The van der Waals surface area contributed by atoms with Crippen LogP contribution in [0.5, 0.6) is 0 Å². The van der Waals surface area contributed by atoms with Crippen LogP contribution >= 0.6 is 0 Å². The van der Waals surface area contributed by atoms with E-state index in [1.54, 1.807) is 0 Å². The molecule has 25 heavy (non-hydrogen) atoms. The molecule has 1 unspecified atom stereocenters. The topological polar surface area (TPSA) is 85.9 Å². The van der Waals surface area contributed by atoms with Gasteiger partial charge in [-0.1, -0.05) is 13.8 Å². The zero-order valence-electron chi connectivity index (χ0n) is 16.6. The summed E-state index contributed by atoms with van der Waals surface area (Å²) in [5.41, 5.74) is 0. The smallest absolute Gasteiger partial charge is 0.216 e. The van der Waals surface area contributed by atoms with Crippen molar-refractivity contribution in [3.63, 3.8) is 0 Å². The number of hydrogen-bond donors (Lipinski definition) is 2. The maximum Gasteiger partial charge on any atom is 0.216 e. The van der Waals surface area contributed by atoms with Gasteiger partial charge in [-0.15, -0.1) is 0 Å². The minimum atomic E-state index is -1.17. The van der Waals surface area contributed by atoms with Crippen LogP contribution in [-0.4, -0.2) is 77.6 Å². The fourth-order valence-corrected chi connectivity index (χ4v) is 1.15. The van der Waals surface area contributed by atoms with E-state index in [1.807, 2.05) is 34.7 Å². The van der Waals surface area contributed by atoms with Crippen molar-refractivity contribution in [3.8, 4) is 0 Å². The fourth-order valence-electron chi connectivity index (χ4n) is 1.15. The van der Waals surface area contributed by atoms with Crippen LogP contribution in [0.15, 0.2) is 0 Å². The molecule has 0 heterocycles. The van der Waals surface area contributed by atoms with Gasteiger partial charge >= 0.3 is 0 Å². The Morgan fingerprint density at radius 2 is 1.76 bits per heavy atom. The highest BCUT2D eigenvalue weighted by atomic mass is 19.1. The summed E-state index contributed by atoms with van der Waals surface area (Å²) in [5, 5.41) is 5.32. The third-order valence-corrected chi connectivity index (χ3v) is 2.24. The maximum absolute atomic E-state index is 13.0. The van der Waals surface area contributed by atoms with Crippen molar-refractivity contribution < 1.29 is 28.2 Å². The zero-order chi connectivity index (χ0) is 19.9. The Hall–Kier alpha value is -1.09. The van der Waals surface area contributed by atoms with E-state index >= 15 is 0 Å². The molecule has 0 fully saturated rings. The van der Waals surface area contributed by atoms with E-state index in [-0.39, 0.29) is 31.8 Å². The van der Waals surface area contributed by atoms with E-state index < -0.39 is 6.17 Å². The van der Waals surface area contributed by atoms with Crippen molar-refractivity contribution in [1.82, 2.24) is 10.6 Å². The summed E-state index contributed by atoms with van der Waals surface area (Å²) in [6.07, 6.45) is -0.244. The molecule has 0 aliphatic carbocycles. The summed E-state index contributed by atoms with van der Waals surface area (Å²) in [5.74, 6) is -0.238. The third kappa shape index (κ3) is 35.0. The lowest BCUT2D eigenvalue weighted by Crippen LogP contribution is -2.30. The summed E-state index contributed by atoms with van der Waals surface area (Å²) in [7, 11) is 1.84. The number of aldehydes is 1. The van der Waals surface area contributed by atoms with E-state index in [9.17, 15) is 14.0 Å². The minimum Gasteiger partial charge on any atom is -0.378 e. The van der Waals surface area contributed by atoms with Gasteiger partial charge in [-0.3, -0.25) is 4.79 Å². The van der Waals surface area contributed by atoms with Crippen LogP contribution in [0.2, 0.25) is 0 Å². The second-order valence-corrected chi connectivity index (χ2v) is 4.87. The Balaban J connectivity index is -0.000000450. The van der Waals surface area contributed by atoms with Gasteiger partial charge in [0.25, 0.3) is 0 Å². The van der Waals surface area contributed by atoms with Gasteiger partial charge in [0.05, 0.1) is 39.1 Å². The molecule has 0 aromatic rings. The molecular weight excluding hydrogens is 331 g/mol. The lowest BCUT2D eigenvalue weighted by Gasteiger charge is -2.09. The summed E-state index contributed by atoms with van der Waals surface area (Å²) in [6, 6.07) is 0. The Kier molecular flexibility index (Phi) is 28.9. The monoisotopic (exact) mass is 368 g/mol. The van der Waals surface area contributed by atoms with Crippen LogP contribution in [0.4, 0.5) is 4.39 Å². The minimum absolute atomic E-state index is 0.00402. The number of amides is 1. The molecule has 152 valence electrons. The van der Waals surface area contributed by atoms with Gasteiger partial charge in [-0.2, -0.15) is 0 Å². The van der Waals surface area contributed by atoms with Crippen molar-refractivity contribution in [2.75, 3.05) is 53.2 Å². The molecule has 0 saturated carbocycles. The highest BCUT2D eigenvalue weighted by Gasteiger charge is 2.06. The van der Waals surface area contributed by atoms with E-state index in [4.69, 9.17) is 14.2 Å². The molecule has 8 heteroatoms. The van der Waals surface area contributed by atoms with Crippen LogP contribution < -0.4 is 10.6 Å². The maximum atomic E-state index is 13.0. The number of carbonyl (C=O) groups is 2. The molecule has 0 aliphatic rings. The quantitative estimate of drug-likeness (QED) is 0.377. The molecule has 1 amide bonds. The molecule has 0 saturated heterocycles. The van der Waals surface area contributed by atoms with Gasteiger partial charge in [0.2, 0.25) is 5.91 Å². The molecule has 0 radical (unpaired) electrons. The predicted octanol–water partition coefficient (Wildman–Crippen LogP) is 1.35. The lowest BCUT2D eigenvalue weighted by molar-refractivity contribution is -0.119. The van der Waals surface area contributed by atoms with Gasteiger partial charge in [-0.05, 0) is 20.9 Å². The Morgan fingerprint density at radius 1 is 1.16 bits per heavy atom. The van der Waals surface area contributed by atoms with E-state index in [0.717, 1.165) is 12.8 Å². The molecule has 0 spiro atoms. The average Bonchev–Trinajstić information content (AvgIpc) is 2.59. The number of carbonyl (C=O) groups excluding carboxylic acids is 2. The summed E-state index contributed by atoms with van der Waals surface area (Å²) < 4.78 is 28.0. The van der Waals surface area contributed by atoms with Crippen LogP contribution in [0.3, 0.4) is 0 Å². The van der Waals surface area contributed by atoms with Gasteiger partial charge in [-0.25, -0.2) is 4.39 Å². The number of rotatable bonds is 13. The number of ether oxygens (including phenoxy) is 3. The number of alkyl halides is 1. The van der Waals surface area contributed by atoms with Gasteiger partial charge < -0.3 is 29.6 Å². The van der Waals surface area contributed by atoms with Crippen molar-refractivity contribution >= 4 is 12.2 Å². The molecule has 7 nitrogen and oxygen atoms in total. The van der Waals surface area contributed by atoms with Crippen LogP contribution in [0, 0.1) is 0 Å². The Morgan fingerprint density at radius 3 is 2.20 bits per heavy atom. The molecule has 0 aromatic heterocycles. The zero-order valence-corrected chi connectivity index (χ0v) is 16.6. The highest BCUT2D eigenvalue weighted by molar-refractivity contribution is 5.72.